The second kappa shape index (κ2) is 10.9. The quantitative estimate of drug-likeness (QED) is 0.564. The molecular formula is C20H31NO4. The van der Waals surface area contributed by atoms with Crippen molar-refractivity contribution in [2.45, 2.75) is 72.0 Å². The second-order valence-electron chi connectivity index (χ2n) is 6.86. The molecule has 1 aromatic carbocycles. The number of amides is 1. The number of rotatable bonds is 12. The number of ether oxygens (including phenoxy) is 1. The summed E-state index contributed by atoms with van der Waals surface area (Å²) in [6.07, 6.45) is 3.92. The van der Waals surface area contributed by atoms with Gasteiger partial charge < -0.3 is 15.6 Å². The van der Waals surface area contributed by atoms with Gasteiger partial charge in [-0.2, -0.15) is 0 Å². The smallest absolute Gasteiger partial charge is 0.303 e. The van der Waals surface area contributed by atoms with Crippen LogP contribution in [-0.2, 0) is 27.4 Å². The van der Waals surface area contributed by atoms with Crippen LogP contribution in [0, 0.1) is 12.8 Å². The Bertz CT molecular complexity index is 571. The van der Waals surface area contributed by atoms with E-state index in [9.17, 15) is 9.59 Å². The number of primary amides is 1. The first-order valence-corrected chi connectivity index (χ1v) is 8.99. The van der Waals surface area contributed by atoms with Gasteiger partial charge in [-0.15, -0.1) is 0 Å². The molecule has 25 heavy (non-hydrogen) atoms. The number of benzene rings is 1. The predicted molar refractivity (Wildman–Crippen MR) is 98.2 cm³/mol. The lowest BCUT2D eigenvalue weighted by atomic mass is 9.99. The molecule has 3 N–H and O–H groups in total. The molecule has 0 spiro atoms. The first-order chi connectivity index (χ1) is 11.8. The molecule has 0 fully saturated rings. The predicted octanol–water partition coefficient (Wildman–Crippen LogP) is 3.60. The number of nitrogens with two attached hydrogens (primary N) is 1. The Kier molecular flexibility index (Phi) is 9.21. The minimum atomic E-state index is -0.733. The van der Waals surface area contributed by atoms with Crippen molar-refractivity contribution in [2.24, 2.45) is 11.7 Å². The van der Waals surface area contributed by atoms with Crippen molar-refractivity contribution in [3.05, 3.63) is 34.9 Å². The Hall–Kier alpha value is -1.88. The van der Waals surface area contributed by atoms with Gasteiger partial charge in [0.25, 0.3) is 0 Å². The maximum atomic E-state index is 10.9. The summed E-state index contributed by atoms with van der Waals surface area (Å²) in [6, 6.07) is 6.33. The number of unbranched alkanes of at least 4 members (excludes halogenated alkanes) is 1. The molecule has 0 aliphatic rings. The molecule has 0 heterocycles. The number of carboxylic acids is 1. The molecule has 0 aliphatic carbocycles. The standard InChI is InChI=1S/C20H31NO4/c1-14(8-11-19(21)22)16(3)25-13-18-10-9-17(12-15(18)2)6-4-5-7-20(23)24/h9-10,12,14,16H,4-8,11,13H2,1-3H3,(H2,21,22)(H,23,24)/t14-,16+/m0/s1. The van der Waals surface area contributed by atoms with Crippen LogP contribution < -0.4 is 5.73 Å². The maximum Gasteiger partial charge on any atom is 0.303 e. The normalized spacial score (nSPS) is 13.4. The van der Waals surface area contributed by atoms with Crippen LogP contribution in [0.25, 0.3) is 0 Å². The first-order valence-electron chi connectivity index (χ1n) is 8.99. The fourth-order valence-corrected chi connectivity index (χ4v) is 2.67. The van der Waals surface area contributed by atoms with E-state index in [1.165, 1.54) is 11.1 Å². The summed E-state index contributed by atoms with van der Waals surface area (Å²) in [5.74, 6) is -0.724. The van der Waals surface area contributed by atoms with Crippen LogP contribution in [0.5, 0.6) is 0 Å². The zero-order valence-electron chi connectivity index (χ0n) is 15.6. The molecule has 0 saturated heterocycles. The van der Waals surface area contributed by atoms with Crippen LogP contribution in [0.4, 0.5) is 0 Å². The molecule has 1 rings (SSSR count). The third kappa shape index (κ3) is 8.68. The minimum absolute atomic E-state index is 0.0643. The lowest BCUT2D eigenvalue weighted by molar-refractivity contribution is -0.137. The third-order valence-electron chi connectivity index (χ3n) is 4.66. The van der Waals surface area contributed by atoms with Gasteiger partial charge in [-0.25, -0.2) is 0 Å². The fraction of sp³-hybridized carbons (Fsp3) is 0.600. The van der Waals surface area contributed by atoms with Gasteiger partial charge >= 0.3 is 5.97 Å². The molecule has 5 heteroatoms. The summed E-state index contributed by atoms with van der Waals surface area (Å²) in [4.78, 5) is 21.4. The van der Waals surface area contributed by atoms with Gasteiger partial charge in [-0.3, -0.25) is 9.59 Å². The van der Waals surface area contributed by atoms with E-state index >= 15 is 0 Å². The van der Waals surface area contributed by atoms with Gasteiger partial charge in [0, 0.05) is 12.8 Å². The minimum Gasteiger partial charge on any atom is -0.481 e. The van der Waals surface area contributed by atoms with Crippen LogP contribution in [-0.4, -0.2) is 23.1 Å². The van der Waals surface area contributed by atoms with E-state index in [1.54, 1.807) is 0 Å². The highest BCUT2D eigenvalue weighted by molar-refractivity contribution is 5.73. The van der Waals surface area contributed by atoms with Crippen molar-refractivity contribution in [2.75, 3.05) is 0 Å². The van der Waals surface area contributed by atoms with Gasteiger partial charge in [0.2, 0.25) is 5.91 Å². The van der Waals surface area contributed by atoms with Crippen molar-refractivity contribution in [1.82, 2.24) is 0 Å². The largest absolute Gasteiger partial charge is 0.481 e. The zero-order chi connectivity index (χ0) is 18.8. The van der Waals surface area contributed by atoms with Gasteiger partial charge in [-0.1, -0.05) is 25.1 Å². The molecule has 0 bridgehead atoms. The number of carbonyl (C=O) groups is 2. The summed E-state index contributed by atoms with van der Waals surface area (Å²) in [5.41, 5.74) is 8.76. The van der Waals surface area contributed by atoms with Gasteiger partial charge in [0.15, 0.2) is 0 Å². The second-order valence-corrected chi connectivity index (χ2v) is 6.86. The highest BCUT2D eigenvalue weighted by Crippen LogP contribution is 2.18. The van der Waals surface area contributed by atoms with Gasteiger partial charge in [0.05, 0.1) is 12.7 Å². The van der Waals surface area contributed by atoms with E-state index in [1.807, 2.05) is 6.92 Å². The third-order valence-corrected chi connectivity index (χ3v) is 4.66. The highest BCUT2D eigenvalue weighted by atomic mass is 16.5. The lowest BCUT2D eigenvalue weighted by Crippen LogP contribution is -2.21. The monoisotopic (exact) mass is 349 g/mol. The van der Waals surface area contributed by atoms with E-state index in [-0.39, 0.29) is 24.3 Å². The Labute approximate surface area is 150 Å². The Morgan fingerprint density at radius 3 is 2.52 bits per heavy atom. The molecule has 5 nitrogen and oxygen atoms in total. The zero-order valence-corrected chi connectivity index (χ0v) is 15.6. The number of hydrogen-bond donors (Lipinski definition) is 2. The SMILES string of the molecule is Cc1cc(CCCCC(=O)O)ccc1CO[C@H](C)[C@@H](C)CCC(N)=O. The van der Waals surface area contributed by atoms with Crippen LogP contribution in [0.2, 0.25) is 0 Å². The average molecular weight is 349 g/mol. The molecule has 140 valence electrons. The number of hydrogen-bond acceptors (Lipinski definition) is 3. The van der Waals surface area contributed by atoms with Crippen LogP contribution in [0.3, 0.4) is 0 Å². The Balaban J connectivity index is 2.43. The fourth-order valence-electron chi connectivity index (χ4n) is 2.67. The average Bonchev–Trinajstić information content (AvgIpc) is 2.55. The van der Waals surface area contributed by atoms with Crippen molar-refractivity contribution in [1.29, 1.82) is 0 Å². The molecule has 0 saturated carbocycles. The molecule has 0 aromatic heterocycles. The van der Waals surface area contributed by atoms with Crippen molar-refractivity contribution in [3.63, 3.8) is 0 Å². The summed E-state index contributed by atoms with van der Waals surface area (Å²) in [6.45, 7) is 6.71. The summed E-state index contributed by atoms with van der Waals surface area (Å²) in [5, 5.41) is 8.66. The van der Waals surface area contributed by atoms with Crippen LogP contribution in [0.1, 0.15) is 62.6 Å². The topological polar surface area (TPSA) is 89.6 Å². The molecule has 0 unspecified atom stereocenters. The molecule has 0 aliphatic heterocycles. The van der Waals surface area contributed by atoms with E-state index in [0.29, 0.717) is 19.4 Å². The first kappa shape index (κ1) is 21.2. The summed E-state index contributed by atoms with van der Waals surface area (Å²) in [7, 11) is 0. The summed E-state index contributed by atoms with van der Waals surface area (Å²) < 4.78 is 5.95. The molecule has 1 amide bonds. The van der Waals surface area contributed by atoms with Gasteiger partial charge in [-0.05, 0) is 62.1 Å². The van der Waals surface area contributed by atoms with E-state index in [0.717, 1.165) is 24.8 Å². The van der Waals surface area contributed by atoms with Crippen molar-refractivity contribution >= 4 is 11.9 Å². The molecule has 0 radical (unpaired) electrons. The van der Waals surface area contributed by atoms with E-state index in [2.05, 4.69) is 32.0 Å². The molecular weight excluding hydrogens is 318 g/mol. The number of carbonyl (C=O) groups excluding carboxylic acids is 1. The van der Waals surface area contributed by atoms with E-state index in [4.69, 9.17) is 15.6 Å². The Morgan fingerprint density at radius 1 is 1.20 bits per heavy atom. The summed E-state index contributed by atoms with van der Waals surface area (Å²) >= 11 is 0. The Morgan fingerprint density at radius 2 is 1.92 bits per heavy atom. The molecule has 1 aromatic rings. The maximum absolute atomic E-state index is 10.9. The number of carboxylic acid groups (broad SMARTS) is 1. The van der Waals surface area contributed by atoms with Crippen LogP contribution >= 0.6 is 0 Å². The van der Waals surface area contributed by atoms with Crippen molar-refractivity contribution < 1.29 is 19.4 Å². The van der Waals surface area contributed by atoms with Crippen LogP contribution in [0.15, 0.2) is 18.2 Å². The van der Waals surface area contributed by atoms with Crippen molar-refractivity contribution in [3.8, 4) is 0 Å². The highest BCUT2D eigenvalue weighted by Gasteiger charge is 2.14. The lowest BCUT2D eigenvalue weighted by Gasteiger charge is -2.21. The number of aliphatic carboxylic acids is 1. The molecule has 2 atom stereocenters. The van der Waals surface area contributed by atoms with E-state index < -0.39 is 5.97 Å². The number of aryl methyl sites for hydroxylation is 2. The van der Waals surface area contributed by atoms with Gasteiger partial charge in [0.1, 0.15) is 0 Å².